The quantitative estimate of drug-likeness (QED) is 0.0681. The van der Waals surface area contributed by atoms with Gasteiger partial charge in [-0.05, 0) is 111 Å². The van der Waals surface area contributed by atoms with Gasteiger partial charge in [0.25, 0.3) is 0 Å². The van der Waals surface area contributed by atoms with E-state index in [1.165, 1.54) is 16.7 Å². The number of phenols is 2. The fraction of sp³-hybridized carbons (Fsp3) is 0.326. The second kappa shape index (κ2) is 19.0. The molecule has 62 heavy (non-hydrogen) atoms. The number of aromatic amines is 1. The molecule has 1 saturated heterocycles. The molecule has 7 rings (SSSR count). The number of benzene rings is 3. The predicted molar refractivity (Wildman–Crippen MR) is 237 cm³/mol. The molecule has 1 fully saturated rings. The van der Waals surface area contributed by atoms with Crippen molar-refractivity contribution in [2.24, 2.45) is 5.92 Å². The van der Waals surface area contributed by atoms with E-state index in [0.29, 0.717) is 70.5 Å². The summed E-state index contributed by atoms with van der Waals surface area (Å²) in [6.45, 7) is 8.98. The van der Waals surface area contributed by atoms with Crippen LogP contribution in [0.25, 0.3) is 22.6 Å². The fourth-order valence-corrected chi connectivity index (χ4v) is 8.12. The van der Waals surface area contributed by atoms with E-state index in [2.05, 4.69) is 25.8 Å². The number of aromatic nitrogens is 4. The standard InChI is InChI=1S/C46H48Cl2FN7O6/c1-25(2)34-19-36(41(58)21-40(34)57)43-53-54-46(61)56(43)33-11-10-31(38(49)18-33)23-55-14-12-27(13-15-55)45(60)62-24-39(29-6-5-7-32(47)17-29)52-44(59)30-9-8-28(16-30)35-20-42(51-26(3)4)50-22-37(35)48/h5-8,10-11,16-22,25-27,39,57-58H,9,12-15,23-24H2,1-4H3,(H,50,51)(H,52,59)(H,54,61)/t39-/m1/s1. The SMILES string of the molecule is CC(C)Nc1cc(C2=CCC(C(=O)N[C@H](COC(=O)C3CCN(Cc4ccc(-n5c(-c6cc(C(C)C)c(O)cc6O)n[nH]c5=O)cc4F)CC3)c3cccc(Cl)c3)=C2)c(Cl)cn1. The Morgan fingerprint density at radius 1 is 1.00 bits per heavy atom. The highest BCUT2D eigenvalue weighted by Gasteiger charge is 2.29. The zero-order valence-corrected chi connectivity index (χ0v) is 36.2. The molecule has 2 aliphatic rings. The lowest BCUT2D eigenvalue weighted by atomic mass is 9.96. The van der Waals surface area contributed by atoms with Crippen molar-refractivity contribution in [3.05, 3.63) is 133 Å². The number of nitrogens with zero attached hydrogens (tertiary/aromatic N) is 4. The number of rotatable bonds is 14. The summed E-state index contributed by atoms with van der Waals surface area (Å²) >= 11 is 12.8. The van der Waals surface area contributed by atoms with Gasteiger partial charge < -0.3 is 25.6 Å². The first kappa shape index (κ1) is 44.1. The van der Waals surface area contributed by atoms with E-state index < -0.39 is 23.5 Å². The number of aromatic hydroxyl groups is 2. The molecule has 2 aromatic heterocycles. The van der Waals surface area contributed by atoms with Gasteiger partial charge in [0.1, 0.15) is 29.7 Å². The number of nitrogens with one attached hydrogen (secondary N) is 3. The van der Waals surface area contributed by atoms with Crippen LogP contribution in [-0.4, -0.2) is 72.5 Å². The van der Waals surface area contributed by atoms with Crippen LogP contribution in [0.15, 0.2) is 89.4 Å². The molecule has 3 aromatic carbocycles. The topological polar surface area (TPSA) is 175 Å². The molecule has 13 nitrogen and oxygen atoms in total. The number of ether oxygens (including phenoxy) is 1. The number of piperidine rings is 1. The third kappa shape index (κ3) is 10.0. The van der Waals surface area contributed by atoms with Crippen molar-refractivity contribution in [1.82, 2.24) is 30.0 Å². The number of hydrogen-bond donors (Lipinski definition) is 5. The molecule has 1 atom stereocenters. The minimum absolute atomic E-state index is 0.0650. The van der Waals surface area contributed by atoms with Crippen LogP contribution in [0.2, 0.25) is 10.0 Å². The van der Waals surface area contributed by atoms with Crippen LogP contribution in [0, 0.1) is 11.7 Å². The zero-order valence-electron chi connectivity index (χ0n) is 34.7. The molecular weight excluding hydrogens is 836 g/mol. The first-order valence-corrected chi connectivity index (χ1v) is 21.2. The lowest BCUT2D eigenvalue weighted by Gasteiger charge is -2.31. The van der Waals surface area contributed by atoms with Gasteiger partial charge in [-0.15, -0.1) is 0 Å². The van der Waals surface area contributed by atoms with Crippen molar-refractivity contribution in [1.29, 1.82) is 0 Å². The van der Waals surface area contributed by atoms with Crippen LogP contribution in [0.5, 0.6) is 11.5 Å². The second-order valence-corrected chi connectivity index (χ2v) is 17.0. The van der Waals surface area contributed by atoms with Crippen LogP contribution >= 0.6 is 23.2 Å². The summed E-state index contributed by atoms with van der Waals surface area (Å²) in [4.78, 5) is 46.4. The molecule has 16 heteroatoms. The number of carbonyl (C=O) groups is 2. The van der Waals surface area contributed by atoms with Crippen molar-refractivity contribution >= 4 is 46.5 Å². The third-order valence-electron chi connectivity index (χ3n) is 11.0. The van der Waals surface area contributed by atoms with E-state index in [-0.39, 0.29) is 65.6 Å². The number of allylic oxidation sites excluding steroid dienone is 3. The largest absolute Gasteiger partial charge is 0.508 e. The molecule has 5 N–H and O–H groups in total. The lowest BCUT2D eigenvalue weighted by molar-refractivity contribution is -0.151. The Balaban J connectivity index is 0.962. The summed E-state index contributed by atoms with van der Waals surface area (Å²) in [6.07, 6.45) is 6.69. The minimum atomic E-state index is -0.675. The molecule has 0 radical (unpaired) electrons. The van der Waals surface area contributed by atoms with E-state index in [1.54, 1.807) is 48.7 Å². The highest BCUT2D eigenvalue weighted by molar-refractivity contribution is 6.32. The van der Waals surface area contributed by atoms with Gasteiger partial charge in [-0.1, -0.05) is 61.3 Å². The highest BCUT2D eigenvalue weighted by Crippen LogP contribution is 2.38. The zero-order chi connectivity index (χ0) is 44.2. The van der Waals surface area contributed by atoms with Crippen LogP contribution in [0.4, 0.5) is 10.2 Å². The molecule has 1 amide bonds. The van der Waals surface area contributed by atoms with Crippen molar-refractivity contribution in [3.63, 3.8) is 0 Å². The smallest absolute Gasteiger partial charge is 0.348 e. The number of pyridine rings is 1. The predicted octanol–water partition coefficient (Wildman–Crippen LogP) is 8.45. The normalized spacial score (nSPS) is 15.1. The number of halogens is 3. The Labute approximate surface area is 368 Å². The molecule has 0 bridgehead atoms. The van der Waals surface area contributed by atoms with Gasteiger partial charge in [0.2, 0.25) is 5.91 Å². The maximum Gasteiger partial charge on any atom is 0.348 e. The van der Waals surface area contributed by atoms with Gasteiger partial charge in [-0.25, -0.2) is 23.8 Å². The number of hydrogen-bond acceptors (Lipinski definition) is 10. The molecule has 1 aliphatic carbocycles. The summed E-state index contributed by atoms with van der Waals surface area (Å²) in [5.74, 6) is -1.33. The third-order valence-corrected chi connectivity index (χ3v) is 11.5. The van der Waals surface area contributed by atoms with Crippen molar-refractivity contribution in [2.75, 3.05) is 25.0 Å². The average Bonchev–Trinajstić information content (AvgIpc) is 3.88. The molecule has 0 unspecified atom stereocenters. The Hall–Kier alpha value is -5.96. The van der Waals surface area contributed by atoms with Gasteiger partial charge in [-0.3, -0.25) is 14.5 Å². The number of amides is 1. The molecule has 3 heterocycles. The molecule has 0 saturated carbocycles. The van der Waals surface area contributed by atoms with Gasteiger partial charge in [0.05, 0.1) is 28.2 Å². The fourth-order valence-electron chi connectivity index (χ4n) is 7.71. The summed E-state index contributed by atoms with van der Waals surface area (Å²) < 4.78 is 22.7. The number of esters is 1. The Kier molecular flexibility index (Phi) is 13.5. The van der Waals surface area contributed by atoms with E-state index in [4.69, 9.17) is 27.9 Å². The van der Waals surface area contributed by atoms with Crippen LogP contribution in [-0.2, 0) is 20.9 Å². The Morgan fingerprint density at radius 2 is 1.77 bits per heavy atom. The minimum Gasteiger partial charge on any atom is -0.508 e. The number of likely N-dealkylation sites (tertiary alicyclic amines) is 1. The van der Waals surface area contributed by atoms with Crippen molar-refractivity contribution in [2.45, 2.75) is 71.5 Å². The van der Waals surface area contributed by atoms with Crippen molar-refractivity contribution in [3.8, 4) is 28.6 Å². The monoisotopic (exact) mass is 883 g/mol. The number of carbonyl (C=O) groups excluding carboxylic acids is 2. The van der Waals surface area contributed by atoms with Gasteiger partial charge in [-0.2, -0.15) is 5.10 Å². The van der Waals surface area contributed by atoms with Crippen LogP contribution in [0.3, 0.4) is 0 Å². The first-order chi connectivity index (χ1) is 29.6. The van der Waals surface area contributed by atoms with Crippen molar-refractivity contribution < 1.29 is 28.9 Å². The highest BCUT2D eigenvalue weighted by atomic mass is 35.5. The number of H-pyrrole nitrogens is 1. The maximum atomic E-state index is 15.7. The Bertz CT molecular complexity index is 2610. The summed E-state index contributed by atoms with van der Waals surface area (Å²) in [5.41, 5.74) is 3.51. The Morgan fingerprint density at radius 3 is 2.48 bits per heavy atom. The van der Waals surface area contributed by atoms with E-state index in [1.807, 2.05) is 50.8 Å². The molecule has 1 aliphatic heterocycles. The summed E-state index contributed by atoms with van der Waals surface area (Å²) in [6, 6.07) is 15.6. The van der Waals surface area contributed by atoms with Gasteiger partial charge >= 0.3 is 11.7 Å². The van der Waals surface area contributed by atoms with Gasteiger partial charge in [0.15, 0.2) is 5.82 Å². The van der Waals surface area contributed by atoms with Gasteiger partial charge in [0, 0.05) is 46.6 Å². The molecule has 324 valence electrons. The molecule has 0 spiro atoms. The number of anilines is 1. The number of phenolic OH excluding ortho intramolecular Hbond substituents is 2. The average molecular weight is 885 g/mol. The lowest BCUT2D eigenvalue weighted by Crippen LogP contribution is -2.38. The maximum absolute atomic E-state index is 15.7. The van der Waals surface area contributed by atoms with E-state index >= 15 is 4.39 Å². The summed E-state index contributed by atoms with van der Waals surface area (Å²) in [5, 5.41) is 34.7. The van der Waals surface area contributed by atoms with E-state index in [9.17, 15) is 24.6 Å². The van der Waals surface area contributed by atoms with Crippen LogP contribution < -0.4 is 16.3 Å². The molecule has 5 aromatic rings. The second-order valence-electron chi connectivity index (χ2n) is 16.2. The molecular formula is C46H48Cl2FN7O6. The summed E-state index contributed by atoms with van der Waals surface area (Å²) in [7, 11) is 0. The first-order valence-electron chi connectivity index (χ1n) is 20.5. The van der Waals surface area contributed by atoms with E-state index in [0.717, 1.165) is 11.1 Å². The van der Waals surface area contributed by atoms with Crippen LogP contribution in [0.1, 0.15) is 81.2 Å².